The summed E-state index contributed by atoms with van der Waals surface area (Å²) < 4.78 is 0. The smallest absolute Gasteiger partial charge is 0.106 e. The van der Waals surface area contributed by atoms with Gasteiger partial charge in [0.15, 0.2) is 0 Å². The first-order chi connectivity index (χ1) is 8.08. The lowest BCUT2D eigenvalue weighted by atomic mass is 9.89. The highest BCUT2D eigenvalue weighted by Crippen LogP contribution is 2.27. The molecule has 0 spiro atoms. The van der Waals surface area contributed by atoms with Crippen molar-refractivity contribution in [2.45, 2.75) is 45.6 Å². The summed E-state index contributed by atoms with van der Waals surface area (Å²) in [7, 11) is 0. The van der Waals surface area contributed by atoms with Crippen molar-refractivity contribution in [2.75, 3.05) is 5.32 Å². The molecule has 0 atom stereocenters. The number of rotatable bonds is 6. The molecular formula is C13H21N3S. The van der Waals surface area contributed by atoms with Crippen LogP contribution in [0, 0.1) is 0 Å². The number of pyridine rings is 1. The number of nitrogens with two attached hydrogens (primary N) is 1. The first-order valence-electron chi connectivity index (χ1n) is 6.10. The van der Waals surface area contributed by atoms with Crippen molar-refractivity contribution in [1.82, 2.24) is 4.98 Å². The monoisotopic (exact) mass is 251 g/mol. The van der Waals surface area contributed by atoms with Gasteiger partial charge in [-0.2, -0.15) is 0 Å². The lowest BCUT2D eigenvalue weighted by molar-refractivity contribution is 0.420. The average Bonchev–Trinajstić information content (AvgIpc) is 2.36. The second kappa shape index (κ2) is 5.96. The lowest BCUT2D eigenvalue weighted by Crippen LogP contribution is -2.37. The third-order valence-electron chi connectivity index (χ3n) is 3.52. The van der Waals surface area contributed by atoms with Gasteiger partial charge in [0.1, 0.15) is 4.99 Å². The van der Waals surface area contributed by atoms with Gasteiger partial charge in [0.05, 0.1) is 11.9 Å². The van der Waals surface area contributed by atoms with Crippen LogP contribution in [-0.4, -0.2) is 15.5 Å². The molecule has 1 rings (SSSR count). The molecule has 0 aliphatic carbocycles. The van der Waals surface area contributed by atoms with E-state index in [1.54, 1.807) is 12.4 Å². The number of nitrogens with one attached hydrogen (secondary N) is 1. The van der Waals surface area contributed by atoms with E-state index in [2.05, 4.69) is 31.1 Å². The summed E-state index contributed by atoms with van der Waals surface area (Å²) >= 11 is 5.06. The molecule has 0 fully saturated rings. The fourth-order valence-corrected chi connectivity index (χ4v) is 2.19. The molecule has 3 nitrogen and oxygen atoms in total. The van der Waals surface area contributed by atoms with E-state index < -0.39 is 0 Å². The first-order valence-corrected chi connectivity index (χ1v) is 6.51. The van der Waals surface area contributed by atoms with Crippen LogP contribution < -0.4 is 11.1 Å². The molecule has 0 aliphatic rings. The molecule has 0 aromatic carbocycles. The number of hydrogen-bond acceptors (Lipinski definition) is 3. The second-order valence-electron chi connectivity index (χ2n) is 4.25. The van der Waals surface area contributed by atoms with Gasteiger partial charge < -0.3 is 11.1 Å². The Balaban J connectivity index is 3.05. The number of thiocarbonyl (C=S) groups is 1. The van der Waals surface area contributed by atoms with Crippen LogP contribution >= 0.6 is 12.2 Å². The van der Waals surface area contributed by atoms with Gasteiger partial charge in [-0.05, 0) is 25.3 Å². The number of hydrogen-bond donors (Lipinski definition) is 2. The molecule has 94 valence electrons. The lowest BCUT2D eigenvalue weighted by Gasteiger charge is -2.33. The Morgan fingerprint density at radius 2 is 1.94 bits per heavy atom. The predicted octanol–water partition coefficient (Wildman–Crippen LogP) is 3.10. The zero-order valence-electron chi connectivity index (χ0n) is 10.8. The summed E-state index contributed by atoms with van der Waals surface area (Å²) in [5.41, 5.74) is 7.63. The molecule has 1 aromatic rings. The quantitative estimate of drug-likeness (QED) is 0.763. The van der Waals surface area contributed by atoms with Crippen molar-refractivity contribution >= 4 is 22.9 Å². The molecule has 0 unspecified atom stereocenters. The van der Waals surface area contributed by atoms with E-state index in [4.69, 9.17) is 18.0 Å². The summed E-state index contributed by atoms with van der Waals surface area (Å²) in [5, 5.41) is 3.56. The molecule has 1 aromatic heterocycles. The average molecular weight is 251 g/mol. The SMILES string of the molecule is CCC(CC)(CC)Nc1cnccc1C(N)=S. The molecule has 0 bridgehead atoms. The summed E-state index contributed by atoms with van der Waals surface area (Å²) in [6, 6.07) is 1.86. The van der Waals surface area contributed by atoms with Crippen molar-refractivity contribution in [3.63, 3.8) is 0 Å². The maximum Gasteiger partial charge on any atom is 0.106 e. The standard InChI is InChI=1S/C13H21N3S/c1-4-13(5-2,6-3)16-11-9-15-8-7-10(11)12(14)17/h7-9,16H,4-6H2,1-3H3,(H2,14,17). The maximum atomic E-state index is 5.72. The van der Waals surface area contributed by atoms with E-state index in [0.717, 1.165) is 30.5 Å². The van der Waals surface area contributed by atoms with Crippen molar-refractivity contribution in [3.8, 4) is 0 Å². The van der Waals surface area contributed by atoms with Crippen molar-refractivity contribution < 1.29 is 0 Å². The third kappa shape index (κ3) is 3.16. The highest BCUT2D eigenvalue weighted by molar-refractivity contribution is 7.80. The third-order valence-corrected chi connectivity index (χ3v) is 3.74. The highest BCUT2D eigenvalue weighted by Gasteiger charge is 2.24. The molecule has 3 N–H and O–H groups in total. The van der Waals surface area contributed by atoms with Gasteiger partial charge in [0.2, 0.25) is 0 Å². The first kappa shape index (κ1) is 13.9. The van der Waals surface area contributed by atoms with E-state index in [-0.39, 0.29) is 5.54 Å². The second-order valence-corrected chi connectivity index (χ2v) is 4.69. The van der Waals surface area contributed by atoms with E-state index in [0.29, 0.717) is 4.99 Å². The van der Waals surface area contributed by atoms with Gasteiger partial charge >= 0.3 is 0 Å². The zero-order chi connectivity index (χ0) is 12.9. The zero-order valence-corrected chi connectivity index (χ0v) is 11.6. The Kier molecular flexibility index (Phi) is 4.87. The highest BCUT2D eigenvalue weighted by atomic mass is 32.1. The minimum Gasteiger partial charge on any atom is -0.389 e. The molecule has 0 saturated carbocycles. The van der Waals surface area contributed by atoms with Gasteiger partial charge in [-0.1, -0.05) is 33.0 Å². The Morgan fingerprint density at radius 1 is 1.35 bits per heavy atom. The van der Waals surface area contributed by atoms with Crippen LogP contribution in [-0.2, 0) is 0 Å². The molecule has 1 heterocycles. The number of nitrogens with zero attached hydrogens (tertiary/aromatic N) is 1. The van der Waals surface area contributed by atoms with Crippen molar-refractivity contribution in [2.24, 2.45) is 5.73 Å². The van der Waals surface area contributed by atoms with Crippen LogP contribution in [0.4, 0.5) is 5.69 Å². The summed E-state index contributed by atoms with van der Waals surface area (Å²) in [5.74, 6) is 0. The van der Waals surface area contributed by atoms with E-state index >= 15 is 0 Å². The van der Waals surface area contributed by atoms with Gasteiger partial charge in [-0.25, -0.2) is 0 Å². The van der Waals surface area contributed by atoms with E-state index in [1.165, 1.54) is 0 Å². The van der Waals surface area contributed by atoms with Gasteiger partial charge in [0, 0.05) is 17.3 Å². The molecule has 0 amide bonds. The van der Waals surface area contributed by atoms with Crippen LogP contribution in [0.5, 0.6) is 0 Å². The Morgan fingerprint density at radius 3 is 2.41 bits per heavy atom. The van der Waals surface area contributed by atoms with Crippen LogP contribution in [0.1, 0.15) is 45.6 Å². The number of aromatic nitrogens is 1. The summed E-state index contributed by atoms with van der Waals surface area (Å²) in [4.78, 5) is 4.55. The van der Waals surface area contributed by atoms with E-state index in [1.807, 2.05) is 6.07 Å². The molecule has 4 heteroatoms. The van der Waals surface area contributed by atoms with Crippen LogP contribution in [0.2, 0.25) is 0 Å². The largest absolute Gasteiger partial charge is 0.389 e. The predicted molar refractivity (Wildman–Crippen MR) is 77.4 cm³/mol. The normalized spacial score (nSPS) is 11.2. The van der Waals surface area contributed by atoms with Crippen LogP contribution in [0.15, 0.2) is 18.5 Å². The Bertz CT molecular complexity index is 378. The van der Waals surface area contributed by atoms with Gasteiger partial charge in [0.25, 0.3) is 0 Å². The maximum absolute atomic E-state index is 5.72. The molecule has 0 saturated heterocycles. The Labute approximate surface area is 109 Å². The minimum atomic E-state index is 0.0998. The van der Waals surface area contributed by atoms with E-state index in [9.17, 15) is 0 Å². The molecule has 17 heavy (non-hydrogen) atoms. The Hall–Kier alpha value is -1.16. The fraction of sp³-hybridized carbons (Fsp3) is 0.538. The van der Waals surface area contributed by atoms with Crippen LogP contribution in [0.3, 0.4) is 0 Å². The van der Waals surface area contributed by atoms with Crippen molar-refractivity contribution in [1.29, 1.82) is 0 Å². The van der Waals surface area contributed by atoms with Gasteiger partial charge in [-0.15, -0.1) is 0 Å². The van der Waals surface area contributed by atoms with Gasteiger partial charge in [-0.3, -0.25) is 4.98 Å². The fourth-order valence-electron chi connectivity index (χ4n) is 2.01. The minimum absolute atomic E-state index is 0.0998. The topological polar surface area (TPSA) is 50.9 Å². The number of anilines is 1. The van der Waals surface area contributed by atoms with Crippen LogP contribution in [0.25, 0.3) is 0 Å². The molecular weight excluding hydrogens is 230 g/mol. The molecule has 0 radical (unpaired) electrons. The van der Waals surface area contributed by atoms with Crippen molar-refractivity contribution in [3.05, 3.63) is 24.0 Å². The summed E-state index contributed by atoms with van der Waals surface area (Å²) in [6.07, 6.45) is 6.69. The summed E-state index contributed by atoms with van der Waals surface area (Å²) in [6.45, 7) is 6.57. The molecule has 0 aliphatic heterocycles.